The summed E-state index contributed by atoms with van der Waals surface area (Å²) in [7, 11) is 4.12. The van der Waals surface area contributed by atoms with Gasteiger partial charge in [0.15, 0.2) is 5.82 Å². The SMILES string of the molecule is Cc1cc2[nH]ncc2c(-c2c(Cl)cc3c(nc(N4CC(N(C)C)C4)c4cnn(C5CCN(C(=O)/C=C/CF)CC5)c43)c2F)c1C. The number of benzene rings is 2. The van der Waals surface area contributed by atoms with E-state index >= 15 is 4.39 Å². The Morgan fingerprint density at radius 1 is 1.11 bits per heavy atom. The molecule has 0 aliphatic carbocycles. The second-order valence-corrected chi connectivity index (χ2v) is 12.8. The second kappa shape index (κ2) is 11.4. The third-order valence-corrected chi connectivity index (χ3v) is 9.88. The van der Waals surface area contributed by atoms with Crippen molar-refractivity contribution in [3.8, 4) is 11.1 Å². The summed E-state index contributed by atoms with van der Waals surface area (Å²) in [6.07, 6.45) is 7.37. The van der Waals surface area contributed by atoms with Crippen molar-refractivity contribution < 1.29 is 13.6 Å². The monoisotopic (exact) mass is 632 g/mol. The molecule has 1 N–H and O–H groups in total. The number of likely N-dealkylation sites (N-methyl/N-ethyl adjacent to an activating group) is 1. The number of hydrogen-bond acceptors (Lipinski definition) is 6. The molecule has 2 fully saturated rings. The topological polar surface area (TPSA) is 86.2 Å². The van der Waals surface area contributed by atoms with E-state index in [2.05, 4.69) is 34.1 Å². The lowest BCUT2D eigenvalue weighted by atomic mass is 9.92. The van der Waals surface area contributed by atoms with E-state index in [4.69, 9.17) is 21.7 Å². The van der Waals surface area contributed by atoms with E-state index < -0.39 is 12.5 Å². The van der Waals surface area contributed by atoms with Gasteiger partial charge in [0.05, 0.1) is 39.9 Å². The average molecular weight is 633 g/mol. The largest absolute Gasteiger partial charge is 0.353 e. The van der Waals surface area contributed by atoms with E-state index in [1.54, 1.807) is 11.1 Å². The number of hydrogen-bond donors (Lipinski definition) is 1. The fourth-order valence-corrected chi connectivity index (χ4v) is 7.08. The van der Waals surface area contributed by atoms with Crippen LogP contribution in [0.1, 0.15) is 30.0 Å². The summed E-state index contributed by atoms with van der Waals surface area (Å²) in [6.45, 7) is 5.86. The zero-order valence-electron chi connectivity index (χ0n) is 25.7. The van der Waals surface area contributed by atoms with Gasteiger partial charge in [-0.2, -0.15) is 10.2 Å². The zero-order valence-corrected chi connectivity index (χ0v) is 26.5. The van der Waals surface area contributed by atoms with E-state index in [1.165, 1.54) is 12.2 Å². The summed E-state index contributed by atoms with van der Waals surface area (Å²) in [6, 6.07) is 4.18. The van der Waals surface area contributed by atoms with Crippen LogP contribution in [0, 0.1) is 19.7 Å². The number of H-pyrrole nitrogens is 1. The molecular weight excluding hydrogens is 598 g/mol. The third kappa shape index (κ3) is 4.84. The molecule has 12 heteroatoms. The maximum absolute atomic E-state index is 17.1. The maximum Gasteiger partial charge on any atom is 0.246 e. The maximum atomic E-state index is 17.1. The first-order chi connectivity index (χ1) is 21.7. The third-order valence-electron chi connectivity index (χ3n) is 9.58. The molecule has 9 nitrogen and oxygen atoms in total. The number of allylic oxidation sites excluding steroid dienone is 1. The summed E-state index contributed by atoms with van der Waals surface area (Å²) in [4.78, 5) is 23.6. The van der Waals surface area contributed by atoms with Crippen LogP contribution in [0.25, 0.3) is 43.8 Å². The Balaban J connectivity index is 1.40. The molecule has 0 bridgehead atoms. The Labute approximate surface area is 264 Å². The molecule has 0 spiro atoms. The van der Waals surface area contributed by atoms with Crippen LogP contribution >= 0.6 is 11.6 Å². The van der Waals surface area contributed by atoms with Gasteiger partial charge in [0.2, 0.25) is 5.91 Å². The predicted molar refractivity (Wildman–Crippen MR) is 174 cm³/mol. The molecule has 0 radical (unpaired) electrons. The Bertz CT molecular complexity index is 1990. The molecule has 2 aliphatic rings. The molecule has 45 heavy (non-hydrogen) atoms. The van der Waals surface area contributed by atoms with Crippen molar-refractivity contribution in [3.63, 3.8) is 0 Å². The van der Waals surface area contributed by atoms with E-state index in [-0.39, 0.29) is 22.5 Å². The molecule has 5 aromatic rings. The van der Waals surface area contributed by atoms with Gasteiger partial charge >= 0.3 is 0 Å². The van der Waals surface area contributed by atoms with Gasteiger partial charge in [-0.25, -0.2) is 13.8 Å². The smallest absolute Gasteiger partial charge is 0.246 e. The first-order valence-corrected chi connectivity index (χ1v) is 15.6. The minimum absolute atomic E-state index is 0.0212. The van der Waals surface area contributed by atoms with Gasteiger partial charge in [-0.3, -0.25) is 14.6 Å². The number of rotatable bonds is 6. The summed E-state index contributed by atoms with van der Waals surface area (Å²) in [5.41, 5.74) is 4.78. The van der Waals surface area contributed by atoms with Crippen LogP contribution in [0.15, 0.2) is 36.7 Å². The number of amides is 1. The van der Waals surface area contributed by atoms with Crippen LogP contribution in [0.4, 0.5) is 14.6 Å². The number of halogens is 3. The number of carbonyl (C=O) groups excluding carboxylic acids is 1. The molecule has 0 atom stereocenters. The standard InChI is InChI=1S/C33H35ClF2N8O/c1-18-12-26-23(14-37-40-26)28(19(18)2)29-25(34)13-22-31(30(29)36)39-33(43-16-21(17-43)41(3)4)24-15-38-44(32(22)24)20-7-10-42(11-8-20)27(45)6-5-9-35/h5-6,12-15,20-21H,7-11,16-17H2,1-4H3,(H,37,40)/b6-5+. The van der Waals surface area contributed by atoms with Crippen molar-refractivity contribution >= 4 is 56.0 Å². The summed E-state index contributed by atoms with van der Waals surface area (Å²) < 4.78 is 31.6. The van der Waals surface area contributed by atoms with Gasteiger partial charge in [-0.05, 0) is 70.1 Å². The number of nitrogens with one attached hydrogen (secondary N) is 1. The van der Waals surface area contributed by atoms with E-state index in [1.807, 2.05) is 36.9 Å². The molecule has 2 aromatic carbocycles. The quantitative estimate of drug-likeness (QED) is 0.232. The number of pyridine rings is 1. The van der Waals surface area contributed by atoms with E-state index in [0.29, 0.717) is 54.3 Å². The Morgan fingerprint density at radius 2 is 1.87 bits per heavy atom. The van der Waals surface area contributed by atoms with Crippen LogP contribution in [0.5, 0.6) is 0 Å². The van der Waals surface area contributed by atoms with Crippen molar-refractivity contribution in [1.29, 1.82) is 0 Å². The number of fused-ring (bicyclic) bond motifs is 4. The number of likely N-dealkylation sites (tertiary alicyclic amines) is 1. The Morgan fingerprint density at radius 3 is 2.58 bits per heavy atom. The van der Waals surface area contributed by atoms with Crippen molar-refractivity contribution in [2.75, 3.05) is 51.8 Å². The van der Waals surface area contributed by atoms with Gasteiger partial charge in [0.25, 0.3) is 0 Å². The number of aromatic nitrogens is 5. The Hall–Kier alpha value is -4.09. The predicted octanol–water partition coefficient (Wildman–Crippen LogP) is 5.98. The van der Waals surface area contributed by atoms with Crippen LogP contribution in [-0.2, 0) is 4.79 Å². The zero-order chi connectivity index (χ0) is 31.6. The Kier molecular flexibility index (Phi) is 7.48. The van der Waals surface area contributed by atoms with E-state index in [0.717, 1.165) is 46.0 Å². The normalized spacial score (nSPS) is 16.7. The minimum Gasteiger partial charge on any atom is -0.353 e. The fourth-order valence-electron chi connectivity index (χ4n) is 6.79. The van der Waals surface area contributed by atoms with Gasteiger partial charge in [0, 0.05) is 60.2 Å². The molecule has 1 amide bonds. The molecule has 5 heterocycles. The number of aryl methyl sites for hydroxylation is 1. The molecule has 3 aromatic heterocycles. The fraction of sp³-hybridized carbons (Fsp3) is 0.394. The van der Waals surface area contributed by atoms with Crippen LogP contribution in [0.2, 0.25) is 5.02 Å². The molecule has 7 rings (SSSR count). The van der Waals surface area contributed by atoms with E-state index in [9.17, 15) is 9.18 Å². The van der Waals surface area contributed by atoms with Crippen molar-refractivity contribution in [1.82, 2.24) is 34.8 Å². The number of alkyl halides is 1. The summed E-state index contributed by atoms with van der Waals surface area (Å²) in [5, 5.41) is 14.6. The molecule has 2 saturated heterocycles. The van der Waals surface area contributed by atoms with Crippen LogP contribution in [0.3, 0.4) is 0 Å². The van der Waals surface area contributed by atoms with Crippen LogP contribution in [-0.4, -0.2) is 93.7 Å². The lowest BCUT2D eigenvalue weighted by Crippen LogP contribution is -2.57. The minimum atomic E-state index is -0.672. The molecule has 0 saturated carbocycles. The van der Waals surface area contributed by atoms with Gasteiger partial charge < -0.3 is 14.7 Å². The molecule has 0 unspecified atom stereocenters. The average Bonchev–Trinajstić information content (AvgIpc) is 3.65. The number of nitrogens with zero attached hydrogens (tertiary/aromatic N) is 7. The second-order valence-electron chi connectivity index (χ2n) is 12.4. The lowest BCUT2D eigenvalue weighted by molar-refractivity contribution is -0.127. The molecule has 2 aliphatic heterocycles. The number of aromatic amines is 1. The highest BCUT2D eigenvalue weighted by atomic mass is 35.5. The molecule has 234 valence electrons. The number of anilines is 1. The summed E-state index contributed by atoms with van der Waals surface area (Å²) >= 11 is 7.01. The first-order valence-electron chi connectivity index (χ1n) is 15.2. The lowest BCUT2D eigenvalue weighted by Gasteiger charge is -2.43. The van der Waals surface area contributed by atoms with Gasteiger partial charge in [-0.15, -0.1) is 0 Å². The van der Waals surface area contributed by atoms with Gasteiger partial charge in [-0.1, -0.05) is 11.6 Å². The summed E-state index contributed by atoms with van der Waals surface area (Å²) in [5.74, 6) is 0.0305. The van der Waals surface area contributed by atoms with Crippen molar-refractivity contribution in [3.05, 3.63) is 58.6 Å². The van der Waals surface area contributed by atoms with Crippen LogP contribution < -0.4 is 4.90 Å². The van der Waals surface area contributed by atoms with Crippen molar-refractivity contribution in [2.45, 2.75) is 38.8 Å². The highest BCUT2D eigenvalue weighted by Crippen LogP contribution is 2.44. The van der Waals surface area contributed by atoms with Gasteiger partial charge in [0.1, 0.15) is 18.0 Å². The highest BCUT2D eigenvalue weighted by Gasteiger charge is 2.34. The number of carbonyl (C=O) groups is 1. The number of piperidine rings is 1. The molecular formula is C33H35ClF2N8O. The van der Waals surface area contributed by atoms with Crippen molar-refractivity contribution in [2.24, 2.45) is 0 Å². The first kappa shape index (κ1) is 29.6. The highest BCUT2D eigenvalue weighted by molar-refractivity contribution is 6.35.